The van der Waals surface area contributed by atoms with E-state index in [1.165, 1.54) is 0 Å². The van der Waals surface area contributed by atoms with E-state index in [-0.39, 0.29) is 17.7 Å². The number of likely N-dealkylation sites (tertiary alicyclic amines) is 1. The van der Waals surface area contributed by atoms with Crippen LogP contribution in [0.5, 0.6) is 0 Å². The highest BCUT2D eigenvalue weighted by Crippen LogP contribution is 2.49. The SMILES string of the molecule is O=C(O)[C@H]1CCCN(C(=O)C2CC2c2cccc(Cl)c2)C1. The van der Waals surface area contributed by atoms with Crippen molar-refractivity contribution in [3.05, 3.63) is 34.9 Å². The van der Waals surface area contributed by atoms with Crippen molar-refractivity contribution in [2.24, 2.45) is 11.8 Å². The molecule has 112 valence electrons. The van der Waals surface area contributed by atoms with E-state index in [1.807, 2.05) is 24.3 Å². The topological polar surface area (TPSA) is 57.6 Å². The predicted octanol–water partition coefficient (Wildman–Crippen LogP) is 2.77. The van der Waals surface area contributed by atoms with Crippen LogP contribution in [0.2, 0.25) is 5.02 Å². The third-order valence-corrected chi connectivity index (χ3v) is 4.70. The average Bonchev–Trinajstić information content (AvgIpc) is 3.27. The highest BCUT2D eigenvalue weighted by atomic mass is 35.5. The molecule has 1 amide bonds. The number of carboxylic acids is 1. The van der Waals surface area contributed by atoms with Gasteiger partial charge in [0.1, 0.15) is 0 Å². The molecule has 0 aromatic heterocycles. The van der Waals surface area contributed by atoms with Crippen LogP contribution in [0.1, 0.15) is 30.7 Å². The van der Waals surface area contributed by atoms with Gasteiger partial charge in [0, 0.05) is 24.0 Å². The first-order valence-electron chi connectivity index (χ1n) is 7.33. The molecule has 1 aromatic rings. The first-order valence-corrected chi connectivity index (χ1v) is 7.71. The molecule has 1 aromatic carbocycles. The standard InChI is InChI=1S/C16H18ClNO3/c17-12-5-1-3-10(7-12)13-8-14(13)15(19)18-6-2-4-11(9-18)16(20)21/h1,3,5,7,11,13-14H,2,4,6,8-9H2,(H,20,21)/t11-,13?,14?/m0/s1. The summed E-state index contributed by atoms with van der Waals surface area (Å²) in [5.74, 6) is -0.871. The second-order valence-electron chi connectivity index (χ2n) is 5.97. The Bertz CT molecular complexity index is 574. The van der Waals surface area contributed by atoms with Crippen LogP contribution in [0.15, 0.2) is 24.3 Å². The van der Waals surface area contributed by atoms with Gasteiger partial charge in [-0.1, -0.05) is 23.7 Å². The first-order chi connectivity index (χ1) is 10.1. The summed E-state index contributed by atoms with van der Waals surface area (Å²) in [5.41, 5.74) is 1.10. The Hall–Kier alpha value is -1.55. The van der Waals surface area contributed by atoms with Crippen molar-refractivity contribution in [2.75, 3.05) is 13.1 Å². The lowest BCUT2D eigenvalue weighted by Crippen LogP contribution is -2.43. The summed E-state index contributed by atoms with van der Waals surface area (Å²) in [6.45, 7) is 1.04. The molecule has 21 heavy (non-hydrogen) atoms. The van der Waals surface area contributed by atoms with E-state index in [0.717, 1.165) is 18.4 Å². The monoisotopic (exact) mass is 307 g/mol. The van der Waals surface area contributed by atoms with E-state index < -0.39 is 11.9 Å². The van der Waals surface area contributed by atoms with Crippen LogP contribution < -0.4 is 0 Å². The van der Waals surface area contributed by atoms with Crippen molar-refractivity contribution < 1.29 is 14.7 Å². The van der Waals surface area contributed by atoms with Gasteiger partial charge < -0.3 is 10.0 Å². The molecule has 1 heterocycles. The van der Waals surface area contributed by atoms with Crippen molar-refractivity contribution in [1.82, 2.24) is 4.90 Å². The second-order valence-corrected chi connectivity index (χ2v) is 6.40. The number of amides is 1. The zero-order valence-electron chi connectivity index (χ0n) is 11.7. The smallest absolute Gasteiger partial charge is 0.308 e. The van der Waals surface area contributed by atoms with E-state index in [9.17, 15) is 9.59 Å². The maximum atomic E-state index is 12.5. The van der Waals surface area contributed by atoms with Gasteiger partial charge in [-0.2, -0.15) is 0 Å². The Balaban J connectivity index is 1.63. The summed E-state index contributed by atoms with van der Waals surface area (Å²) in [5, 5.41) is 9.79. The lowest BCUT2D eigenvalue weighted by atomic mass is 9.97. The molecule has 2 fully saturated rings. The van der Waals surface area contributed by atoms with Gasteiger partial charge in [0.2, 0.25) is 5.91 Å². The predicted molar refractivity (Wildman–Crippen MR) is 79.2 cm³/mol. The van der Waals surface area contributed by atoms with Gasteiger partial charge in [0.15, 0.2) is 0 Å². The highest BCUT2D eigenvalue weighted by molar-refractivity contribution is 6.30. The minimum Gasteiger partial charge on any atom is -0.481 e. The quantitative estimate of drug-likeness (QED) is 0.934. The van der Waals surface area contributed by atoms with Crippen LogP contribution in [0.25, 0.3) is 0 Å². The number of halogens is 1. The van der Waals surface area contributed by atoms with Gasteiger partial charge in [-0.15, -0.1) is 0 Å². The number of carbonyl (C=O) groups is 2. The molecule has 1 saturated heterocycles. The number of hydrogen-bond acceptors (Lipinski definition) is 2. The zero-order chi connectivity index (χ0) is 15.0. The van der Waals surface area contributed by atoms with Crippen molar-refractivity contribution in [1.29, 1.82) is 0 Å². The minimum absolute atomic E-state index is 0.00369. The van der Waals surface area contributed by atoms with Crippen LogP contribution in [0.3, 0.4) is 0 Å². The zero-order valence-corrected chi connectivity index (χ0v) is 12.4. The summed E-state index contributed by atoms with van der Waals surface area (Å²) in [6, 6.07) is 7.64. The maximum absolute atomic E-state index is 12.5. The summed E-state index contributed by atoms with van der Waals surface area (Å²) in [7, 11) is 0. The Kier molecular flexibility index (Phi) is 3.89. The van der Waals surface area contributed by atoms with Gasteiger partial charge >= 0.3 is 5.97 Å². The molecular formula is C16H18ClNO3. The minimum atomic E-state index is -0.797. The first kappa shape index (κ1) is 14.4. The normalized spacial score (nSPS) is 28.2. The Morgan fingerprint density at radius 1 is 1.33 bits per heavy atom. The molecule has 3 rings (SSSR count). The molecule has 1 N–H and O–H groups in total. The molecule has 4 nitrogen and oxygen atoms in total. The lowest BCUT2D eigenvalue weighted by Gasteiger charge is -2.31. The molecule has 0 radical (unpaired) electrons. The highest BCUT2D eigenvalue weighted by Gasteiger charge is 2.46. The van der Waals surface area contributed by atoms with Crippen LogP contribution in [0, 0.1) is 11.8 Å². The fraction of sp³-hybridized carbons (Fsp3) is 0.500. The van der Waals surface area contributed by atoms with Gasteiger partial charge in [0.25, 0.3) is 0 Å². The number of rotatable bonds is 3. The fourth-order valence-corrected chi connectivity index (χ4v) is 3.39. The summed E-state index contributed by atoms with van der Waals surface area (Å²) < 4.78 is 0. The summed E-state index contributed by atoms with van der Waals surface area (Å²) in [4.78, 5) is 25.3. The van der Waals surface area contributed by atoms with Crippen LogP contribution in [-0.2, 0) is 9.59 Å². The lowest BCUT2D eigenvalue weighted by molar-refractivity contribution is -0.146. The number of hydrogen-bond donors (Lipinski definition) is 1. The number of benzene rings is 1. The summed E-state index contributed by atoms with van der Waals surface area (Å²) in [6.07, 6.45) is 2.28. The summed E-state index contributed by atoms with van der Waals surface area (Å²) >= 11 is 5.99. The Morgan fingerprint density at radius 3 is 2.86 bits per heavy atom. The Morgan fingerprint density at radius 2 is 2.14 bits per heavy atom. The third kappa shape index (κ3) is 3.05. The number of aliphatic carboxylic acids is 1. The molecule has 2 unspecified atom stereocenters. The van der Waals surface area contributed by atoms with Crippen LogP contribution >= 0.6 is 11.6 Å². The Labute approximate surface area is 128 Å². The molecule has 0 bridgehead atoms. The molecule has 1 saturated carbocycles. The van der Waals surface area contributed by atoms with E-state index >= 15 is 0 Å². The second kappa shape index (κ2) is 5.68. The number of carboxylic acid groups (broad SMARTS) is 1. The van der Waals surface area contributed by atoms with Crippen molar-refractivity contribution in [2.45, 2.75) is 25.2 Å². The van der Waals surface area contributed by atoms with Gasteiger partial charge in [-0.05, 0) is 42.9 Å². The molecule has 1 aliphatic heterocycles. The van der Waals surface area contributed by atoms with E-state index in [1.54, 1.807) is 4.90 Å². The van der Waals surface area contributed by atoms with E-state index in [4.69, 9.17) is 16.7 Å². The molecule has 5 heteroatoms. The maximum Gasteiger partial charge on any atom is 0.308 e. The van der Waals surface area contributed by atoms with Crippen molar-refractivity contribution in [3.63, 3.8) is 0 Å². The fourth-order valence-electron chi connectivity index (χ4n) is 3.19. The van der Waals surface area contributed by atoms with Crippen LogP contribution in [-0.4, -0.2) is 35.0 Å². The van der Waals surface area contributed by atoms with E-state index in [2.05, 4.69) is 0 Å². The van der Waals surface area contributed by atoms with Crippen molar-refractivity contribution in [3.8, 4) is 0 Å². The molecule has 0 spiro atoms. The number of nitrogens with zero attached hydrogens (tertiary/aromatic N) is 1. The van der Waals surface area contributed by atoms with Crippen molar-refractivity contribution >= 4 is 23.5 Å². The van der Waals surface area contributed by atoms with E-state index in [0.29, 0.717) is 24.5 Å². The molecule has 1 aliphatic carbocycles. The average molecular weight is 308 g/mol. The third-order valence-electron chi connectivity index (χ3n) is 4.47. The van der Waals surface area contributed by atoms with Gasteiger partial charge in [-0.3, -0.25) is 9.59 Å². The molecule has 3 atom stereocenters. The molecular weight excluding hydrogens is 290 g/mol. The van der Waals surface area contributed by atoms with Gasteiger partial charge in [-0.25, -0.2) is 0 Å². The largest absolute Gasteiger partial charge is 0.481 e. The number of piperidine rings is 1. The number of carbonyl (C=O) groups excluding carboxylic acids is 1. The molecule has 2 aliphatic rings. The van der Waals surface area contributed by atoms with Crippen LogP contribution in [0.4, 0.5) is 0 Å². The van der Waals surface area contributed by atoms with Gasteiger partial charge in [0.05, 0.1) is 5.92 Å².